The fraction of sp³-hybridized carbons (Fsp3) is 0.600. The van der Waals surface area contributed by atoms with Gasteiger partial charge in [-0.05, 0) is 24.5 Å². The molecule has 2 unspecified atom stereocenters. The van der Waals surface area contributed by atoms with Crippen LogP contribution < -0.4 is 0 Å². The summed E-state index contributed by atoms with van der Waals surface area (Å²) in [6.07, 6.45) is 7.63. The molecule has 13 heavy (non-hydrogen) atoms. The molecule has 0 amide bonds. The van der Waals surface area contributed by atoms with Crippen LogP contribution in [-0.4, -0.2) is 21.4 Å². The van der Waals surface area contributed by atoms with Crippen molar-refractivity contribution in [1.82, 2.24) is 10.2 Å². The highest BCUT2D eigenvalue weighted by Gasteiger charge is 2.24. The van der Waals surface area contributed by atoms with E-state index in [1.54, 1.807) is 12.4 Å². The van der Waals surface area contributed by atoms with Gasteiger partial charge < -0.3 is 5.11 Å². The molecule has 0 aromatic carbocycles. The van der Waals surface area contributed by atoms with Gasteiger partial charge in [0.1, 0.15) is 0 Å². The zero-order valence-corrected chi connectivity index (χ0v) is 7.56. The van der Waals surface area contributed by atoms with E-state index < -0.39 is 0 Å². The fourth-order valence-electron chi connectivity index (χ4n) is 2.02. The van der Waals surface area contributed by atoms with Gasteiger partial charge >= 0.3 is 0 Å². The molecule has 70 valence electrons. The number of aliphatic hydroxyl groups excluding tert-OH is 1. The number of hydrogen-bond acceptors (Lipinski definition) is 3. The smallest absolute Gasteiger partial charge is 0.0609 e. The molecule has 1 fully saturated rings. The first-order chi connectivity index (χ1) is 6.38. The van der Waals surface area contributed by atoms with Crippen LogP contribution in [0.2, 0.25) is 0 Å². The van der Waals surface area contributed by atoms with Crippen molar-refractivity contribution >= 4 is 0 Å². The Balaban J connectivity index is 2.15. The molecule has 1 heterocycles. The Kier molecular flexibility index (Phi) is 2.54. The van der Waals surface area contributed by atoms with E-state index in [4.69, 9.17) is 0 Å². The van der Waals surface area contributed by atoms with E-state index in [0.29, 0.717) is 0 Å². The van der Waals surface area contributed by atoms with Gasteiger partial charge in [-0.3, -0.25) is 0 Å². The average molecular weight is 178 g/mol. The van der Waals surface area contributed by atoms with Crippen LogP contribution in [0.25, 0.3) is 0 Å². The summed E-state index contributed by atoms with van der Waals surface area (Å²) < 4.78 is 0. The van der Waals surface area contributed by atoms with Crippen molar-refractivity contribution in [3.05, 3.63) is 24.0 Å². The first-order valence-electron chi connectivity index (χ1n) is 4.82. The molecule has 0 spiro atoms. The summed E-state index contributed by atoms with van der Waals surface area (Å²) in [5.41, 5.74) is 1.13. The van der Waals surface area contributed by atoms with E-state index in [1.165, 1.54) is 6.42 Å². The molecule has 1 aromatic rings. The van der Waals surface area contributed by atoms with Gasteiger partial charge in [0, 0.05) is 12.1 Å². The predicted molar refractivity (Wildman–Crippen MR) is 49.2 cm³/mol. The molecule has 3 nitrogen and oxygen atoms in total. The standard InChI is InChI=1S/C10H14N2O/c13-10-4-2-1-3-9(10)8-5-6-11-12-7-8/h5-7,9-10,13H,1-4H2. The van der Waals surface area contributed by atoms with Crippen LogP contribution in [-0.2, 0) is 0 Å². The van der Waals surface area contributed by atoms with Crippen LogP contribution in [0.3, 0.4) is 0 Å². The monoisotopic (exact) mass is 178 g/mol. The summed E-state index contributed by atoms with van der Waals surface area (Å²) >= 11 is 0. The third-order valence-electron chi connectivity index (χ3n) is 2.76. The Labute approximate surface area is 77.8 Å². The molecule has 0 aliphatic heterocycles. The minimum atomic E-state index is -0.182. The molecular weight excluding hydrogens is 164 g/mol. The van der Waals surface area contributed by atoms with E-state index in [-0.39, 0.29) is 12.0 Å². The SMILES string of the molecule is OC1CCCCC1c1ccnnc1. The second-order valence-electron chi connectivity index (χ2n) is 3.63. The number of aromatic nitrogens is 2. The van der Waals surface area contributed by atoms with Crippen molar-refractivity contribution in [3.63, 3.8) is 0 Å². The third kappa shape index (κ3) is 1.86. The highest BCUT2D eigenvalue weighted by atomic mass is 16.3. The highest BCUT2D eigenvalue weighted by molar-refractivity contribution is 5.14. The maximum absolute atomic E-state index is 9.77. The van der Waals surface area contributed by atoms with Gasteiger partial charge in [0.25, 0.3) is 0 Å². The number of rotatable bonds is 1. The molecule has 0 saturated heterocycles. The van der Waals surface area contributed by atoms with Crippen molar-refractivity contribution in [1.29, 1.82) is 0 Å². The highest BCUT2D eigenvalue weighted by Crippen LogP contribution is 2.32. The summed E-state index contributed by atoms with van der Waals surface area (Å²) in [4.78, 5) is 0. The van der Waals surface area contributed by atoms with Crippen LogP contribution >= 0.6 is 0 Å². The second-order valence-corrected chi connectivity index (χ2v) is 3.63. The predicted octanol–water partition coefficient (Wildman–Crippen LogP) is 1.50. The van der Waals surface area contributed by atoms with Crippen LogP contribution in [0.1, 0.15) is 37.2 Å². The molecule has 1 aliphatic carbocycles. The fourth-order valence-corrected chi connectivity index (χ4v) is 2.02. The zero-order valence-electron chi connectivity index (χ0n) is 7.56. The maximum Gasteiger partial charge on any atom is 0.0609 e. The van der Waals surface area contributed by atoms with Gasteiger partial charge in [0.15, 0.2) is 0 Å². The molecule has 1 N–H and O–H groups in total. The molecule has 1 aromatic heterocycles. The minimum Gasteiger partial charge on any atom is -0.392 e. The first kappa shape index (κ1) is 8.63. The lowest BCUT2D eigenvalue weighted by atomic mass is 9.82. The van der Waals surface area contributed by atoms with Crippen LogP contribution in [0.4, 0.5) is 0 Å². The molecule has 2 atom stereocenters. The van der Waals surface area contributed by atoms with Gasteiger partial charge in [0.2, 0.25) is 0 Å². The molecule has 0 radical (unpaired) electrons. The topological polar surface area (TPSA) is 46.0 Å². The van der Waals surface area contributed by atoms with E-state index >= 15 is 0 Å². The second kappa shape index (κ2) is 3.83. The summed E-state index contributed by atoms with van der Waals surface area (Å²) in [6.45, 7) is 0. The van der Waals surface area contributed by atoms with Crippen molar-refractivity contribution in [2.45, 2.75) is 37.7 Å². The van der Waals surface area contributed by atoms with Crippen LogP contribution in [0, 0.1) is 0 Å². The van der Waals surface area contributed by atoms with Crippen molar-refractivity contribution in [2.75, 3.05) is 0 Å². The van der Waals surface area contributed by atoms with Crippen LogP contribution in [0.5, 0.6) is 0 Å². The van der Waals surface area contributed by atoms with Gasteiger partial charge in [-0.1, -0.05) is 12.8 Å². The normalized spacial score (nSPS) is 28.7. The number of nitrogens with zero attached hydrogens (tertiary/aromatic N) is 2. The Morgan fingerprint density at radius 2 is 2.08 bits per heavy atom. The van der Waals surface area contributed by atoms with Crippen molar-refractivity contribution in [2.24, 2.45) is 0 Å². The quantitative estimate of drug-likeness (QED) is 0.708. The van der Waals surface area contributed by atoms with Gasteiger partial charge in [-0.2, -0.15) is 10.2 Å². The lowest BCUT2D eigenvalue weighted by Gasteiger charge is -2.27. The summed E-state index contributed by atoms with van der Waals surface area (Å²) in [5.74, 6) is 0.282. The molecule has 3 heteroatoms. The van der Waals surface area contributed by atoms with Gasteiger partial charge in [0.05, 0.1) is 12.3 Å². The molecule has 0 bridgehead atoms. The van der Waals surface area contributed by atoms with Gasteiger partial charge in [-0.15, -0.1) is 0 Å². The summed E-state index contributed by atoms with van der Waals surface area (Å²) in [5, 5.41) is 17.3. The Hall–Kier alpha value is -0.960. The maximum atomic E-state index is 9.77. The van der Waals surface area contributed by atoms with E-state index in [0.717, 1.165) is 24.8 Å². The van der Waals surface area contributed by atoms with Crippen molar-refractivity contribution in [3.8, 4) is 0 Å². The molecular formula is C10H14N2O. The largest absolute Gasteiger partial charge is 0.392 e. The lowest BCUT2D eigenvalue weighted by Crippen LogP contribution is -2.22. The summed E-state index contributed by atoms with van der Waals surface area (Å²) in [6, 6.07) is 1.95. The van der Waals surface area contributed by atoms with E-state index in [1.807, 2.05) is 6.07 Å². The first-order valence-corrected chi connectivity index (χ1v) is 4.82. The van der Waals surface area contributed by atoms with E-state index in [2.05, 4.69) is 10.2 Å². The minimum absolute atomic E-state index is 0.182. The Bertz CT molecular complexity index is 263. The molecule has 1 saturated carbocycles. The summed E-state index contributed by atoms with van der Waals surface area (Å²) in [7, 11) is 0. The van der Waals surface area contributed by atoms with Crippen LogP contribution in [0.15, 0.2) is 18.5 Å². The number of aliphatic hydroxyl groups is 1. The Morgan fingerprint density at radius 1 is 1.23 bits per heavy atom. The van der Waals surface area contributed by atoms with Gasteiger partial charge in [-0.25, -0.2) is 0 Å². The zero-order chi connectivity index (χ0) is 9.10. The third-order valence-corrected chi connectivity index (χ3v) is 2.76. The molecule has 1 aliphatic rings. The van der Waals surface area contributed by atoms with Crippen molar-refractivity contribution < 1.29 is 5.11 Å². The molecule has 2 rings (SSSR count). The Morgan fingerprint density at radius 3 is 2.77 bits per heavy atom. The lowest BCUT2D eigenvalue weighted by molar-refractivity contribution is 0.106. The number of hydrogen-bond donors (Lipinski definition) is 1. The van der Waals surface area contributed by atoms with E-state index in [9.17, 15) is 5.11 Å². The average Bonchev–Trinajstić information content (AvgIpc) is 2.20.